The van der Waals surface area contributed by atoms with Gasteiger partial charge < -0.3 is 9.80 Å². The minimum Gasteiger partial charge on any atom is -0.368 e. The second-order valence-electron chi connectivity index (χ2n) is 9.12. The maximum absolute atomic E-state index is 13.7. The molecule has 1 aromatic heterocycles. The van der Waals surface area contributed by atoms with Crippen molar-refractivity contribution in [3.8, 4) is 11.3 Å². The molecular formula is C30H31N3O. The van der Waals surface area contributed by atoms with Crippen molar-refractivity contribution in [2.75, 3.05) is 31.1 Å². The van der Waals surface area contributed by atoms with E-state index >= 15 is 0 Å². The number of rotatable bonds is 4. The summed E-state index contributed by atoms with van der Waals surface area (Å²) in [4.78, 5) is 23.0. The summed E-state index contributed by atoms with van der Waals surface area (Å²) in [5.41, 5.74) is 8.68. The van der Waals surface area contributed by atoms with Crippen LogP contribution < -0.4 is 4.90 Å². The highest BCUT2D eigenvalue weighted by Crippen LogP contribution is 2.28. The number of nitrogens with zero attached hydrogens (tertiary/aromatic N) is 3. The lowest BCUT2D eigenvalue weighted by atomic mass is 10.0. The lowest BCUT2D eigenvalue weighted by Crippen LogP contribution is -2.49. The largest absolute Gasteiger partial charge is 0.368 e. The Morgan fingerprint density at radius 2 is 1.62 bits per heavy atom. The molecule has 0 N–H and O–H groups in total. The zero-order valence-electron chi connectivity index (χ0n) is 20.2. The highest BCUT2D eigenvalue weighted by Gasteiger charge is 2.25. The van der Waals surface area contributed by atoms with Crippen LogP contribution in [0.25, 0.3) is 22.2 Å². The van der Waals surface area contributed by atoms with Crippen molar-refractivity contribution in [1.29, 1.82) is 0 Å². The van der Waals surface area contributed by atoms with E-state index < -0.39 is 0 Å². The molecule has 0 aliphatic carbocycles. The molecule has 1 saturated heterocycles. The van der Waals surface area contributed by atoms with Gasteiger partial charge in [-0.25, -0.2) is 4.98 Å². The fourth-order valence-corrected chi connectivity index (χ4v) is 4.81. The molecule has 1 amide bonds. The molecule has 0 unspecified atom stereocenters. The number of para-hydroxylation sites is 1. The number of carbonyl (C=O) groups is 1. The van der Waals surface area contributed by atoms with E-state index in [2.05, 4.69) is 68.1 Å². The van der Waals surface area contributed by atoms with Crippen LogP contribution in [0.5, 0.6) is 0 Å². The van der Waals surface area contributed by atoms with E-state index in [1.165, 1.54) is 22.4 Å². The zero-order valence-corrected chi connectivity index (χ0v) is 20.2. The number of hydrogen-bond acceptors (Lipinski definition) is 3. The number of aromatic nitrogens is 1. The zero-order chi connectivity index (χ0) is 23.7. The first kappa shape index (κ1) is 22.1. The fourth-order valence-electron chi connectivity index (χ4n) is 4.81. The molecule has 0 saturated carbocycles. The lowest BCUT2D eigenvalue weighted by molar-refractivity contribution is 0.0748. The summed E-state index contributed by atoms with van der Waals surface area (Å²) in [6, 6.07) is 24.9. The maximum atomic E-state index is 13.7. The molecule has 1 aliphatic rings. The van der Waals surface area contributed by atoms with Gasteiger partial charge in [0.25, 0.3) is 5.91 Å². The minimum absolute atomic E-state index is 0.0886. The standard InChI is InChI=1S/C30H31N3O/c1-4-23-12-14-24(15-13-23)28-20-26(25-9-5-6-10-27(25)31-28)30(34)33-18-16-32(17-19-33)29-11-7-8-21(2)22(29)3/h5-15,20H,4,16-19H2,1-3H3. The molecule has 172 valence electrons. The molecular weight excluding hydrogens is 418 g/mol. The third-order valence-corrected chi connectivity index (χ3v) is 7.09. The number of fused-ring (bicyclic) bond motifs is 1. The number of hydrogen-bond donors (Lipinski definition) is 0. The Bertz CT molecular complexity index is 1340. The van der Waals surface area contributed by atoms with Crippen LogP contribution in [0.15, 0.2) is 72.8 Å². The van der Waals surface area contributed by atoms with E-state index in [4.69, 9.17) is 4.98 Å². The molecule has 0 radical (unpaired) electrons. The number of carbonyl (C=O) groups excluding carboxylic acids is 1. The van der Waals surface area contributed by atoms with Crippen molar-refractivity contribution in [3.63, 3.8) is 0 Å². The average molecular weight is 450 g/mol. The number of pyridine rings is 1. The van der Waals surface area contributed by atoms with Crippen molar-refractivity contribution in [2.24, 2.45) is 0 Å². The Hall–Kier alpha value is -3.66. The Morgan fingerprint density at radius 3 is 2.35 bits per heavy atom. The maximum Gasteiger partial charge on any atom is 0.254 e. The van der Waals surface area contributed by atoms with Gasteiger partial charge in [0.05, 0.1) is 16.8 Å². The summed E-state index contributed by atoms with van der Waals surface area (Å²) < 4.78 is 0. The van der Waals surface area contributed by atoms with E-state index in [9.17, 15) is 4.79 Å². The highest BCUT2D eigenvalue weighted by molar-refractivity contribution is 6.07. The van der Waals surface area contributed by atoms with Crippen molar-refractivity contribution < 1.29 is 4.79 Å². The first-order chi connectivity index (χ1) is 16.5. The monoisotopic (exact) mass is 449 g/mol. The van der Waals surface area contributed by atoms with Crippen molar-refractivity contribution in [1.82, 2.24) is 9.88 Å². The average Bonchev–Trinajstić information content (AvgIpc) is 2.89. The number of aryl methyl sites for hydroxylation is 2. The predicted octanol–water partition coefficient (Wildman–Crippen LogP) is 6.04. The van der Waals surface area contributed by atoms with Gasteiger partial charge >= 0.3 is 0 Å². The molecule has 2 heterocycles. The summed E-state index contributed by atoms with van der Waals surface area (Å²) in [7, 11) is 0. The predicted molar refractivity (Wildman–Crippen MR) is 141 cm³/mol. The molecule has 4 heteroatoms. The molecule has 1 aliphatic heterocycles. The summed E-state index contributed by atoms with van der Waals surface area (Å²) in [5.74, 6) is 0.0886. The minimum atomic E-state index is 0.0886. The van der Waals surface area contributed by atoms with E-state index in [0.717, 1.165) is 47.2 Å². The SMILES string of the molecule is CCc1ccc(-c2cc(C(=O)N3CCN(c4cccc(C)c4C)CC3)c3ccccc3n2)cc1. The first-order valence-electron chi connectivity index (χ1n) is 12.1. The molecule has 1 fully saturated rings. The molecule has 0 bridgehead atoms. The molecule has 0 atom stereocenters. The van der Waals surface area contributed by atoms with E-state index in [-0.39, 0.29) is 5.91 Å². The van der Waals surface area contributed by atoms with Crippen LogP contribution in [0, 0.1) is 13.8 Å². The molecule has 0 spiro atoms. The fraction of sp³-hybridized carbons (Fsp3) is 0.267. The Kier molecular flexibility index (Phi) is 6.06. The number of anilines is 1. The van der Waals surface area contributed by atoms with Gasteiger partial charge in [-0.2, -0.15) is 0 Å². The quantitative estimate of drug-likeness (QED) is 0.381. The summed E-state index contributed by atoms with van der Waals surface area (Å²) in [6.07, 6.45) is 1.00. The smallest absolute Gasteiger partial charge is 0.254 e. The Labute approximate surface area is 201 Å². The van der Waals surface area contributed by atoms with Gasteiger partial charge in [0, 0.05) is 42.8 Å². The van der Waals surface area contributed by atoms with Gasteiger partial charge in [-0.15, -0.1) is 0 Å². The van der Waals surface area contributed by atoms with Gasteiger partial charge in [-0.05, 0) is 55.2 Å². The van der Waals surface area contributed by atoms with Gasteiger partial charge in [0.2, 0.25) is 0 Å². The molecule has 4 nitrogen and oxygen atoms in total. The Balaban J connectivity index is 1.43. The number of benzene rings is 3. The number of piperazine rings is 1. The van der Waals surface area contributed by atoms with E-state index in [1.807, 2.05) is 35.2 Å². The van der Waals surface area contributed by atoms with Crippen LogP contribution in [0.3, 0.4) is 0 Å². The van der Waals surface area contributed by atoms with Gasteiger partial charge in [-0.1, -0.05) is 61.5 Å². The van der Waals surface area contributed by atoms with Crippen LogP contribution in [0.4, 0.5) is 5.69 Å². The van der Waals surface area contributed by atoms with Crippen LogP contribution in [0.1, 0.15) is 34.0 Å². The van der Waals surface area contributed by atoms with Crippen LogP contribution in [-0.4, -0.2) is 42.0 Å². The van der Waals surface area contributed by atoms with Crippen molar-refractivity contribution in [2.45, 2.75) is 27.2 Å². The lowest BCUT2D eigenvalue weighted by Gasteiger charge is -2.37. The van der Waals surface area contributed by atoms with Gasteiger partial charge in [-0.3, -0.25) is 4.79 Å². The number of amides is 1. The molecule has 5 rings (SSSR count). The molecule has 4 aromatic rings. The summed E-state index contributed by atoms with van der Waals surface area (Å²) in [6.45, 7) is 9.59. The van der Waals surface area contributed by atoms with Crippen molar-refractivity contribution >= 4 is 22.5 Å². The van der Waals surface area contributed by atoms with Crippen molar-refractivity contribution in [3.05, 3.63) is 95.1 Å². The Morgan fingerprint density at radius 1 is 0.882 bits per heavy atom. The van der Waals surface area contributed by atoms with Gasteiger partial charge in [0.1, 0.15) is 0 Å². The topological polar surface area (TPSA) is 36.4 Å². The third-order valence-electron chi connectivity index (χ3n) is 7.09. The van der Waals surface area contributed by atoms with Crippen LogP contribution in [0.2, 0.25) is 0 Å². The first-order valence-corrected chi connectivity index (χ1v) is 12.1. The van der Waals surface area contributed by atoms with E-state index in [0.29, 0.717) is 13.1 Å². The molecule has 34 heavy (non-hydrogen) atoms. The highest BCUT2D eigenvalue weighted by atomic mass is 16.2. The summed E-state index contributed by atoms with van der Waals surface area (Å²) in [5, 5.41) is 0.915. The van der Waals surface area contributed by atoms with Crippen LogP contribution in [-0.2, 0) is 6.42 Å². The second kappa shape index (κ2) is 9.30. The van der Waals surface area contributed by atoms with E-state index in [1.54, 1.807) is 0 Å². The second-order valence-corrected chi connectivity index (χ2v) is 9.12. The normalized spacial score (nSPS) is 14.0. The van der Waals surface area contributed by atoms with Crippen LogP contribution >= 0.6 is 0 Å². The van der Waals surface area contributed by atoms with Gasteiger partial charge in [0.15, 0.2) is 0 Å². The summed E-state index contributed by atoms with van der Waals surface area (Å²) >= 11 is 0. The third kappa shape index (κ3) is 4.16. The molecule has 3 aromatic carbocycles.